The number of ether oxygens (including phenoxy) is 3. The van der Waals surface area contributed by atoms with Crippen molar-refractivity contribution in [2.75, 3.05) is 51.6 Å². The predicted octanol–water partition coefficient (Wildman–Crippen LogP) is 4.77. The maximum atomic E-state index is 13.8. The van der Waals surface area contributed by atoms with Gasteiger partial charge in [-0.25, -0.2) is 9.97 Å². The van der Waals surface area contributed by atoms with E-state index in [1.54, 1.807) is 58.9 Å². The van der Waals surface area contributed by atoms with Crippen LogP contribution >= 0.6 is 0 Å². The molecule has 0 unspecified atom stereocenters. The summed E-state index contributed by atoms with van der Waals surface area (Å²) in [4.78, 5) is 65.3. The smallest absolute Gasteiger partial charge is 0.276 e. The molecule has 0 atom stereocenters. The van der Waals surface area contributed by atoms with Gasteiger partial charge in [0.2, 0.25) is 17.8 Å². The molecule has 10 N–H and O–H groups in total. The molecule has 0 fully saturated rings. The maximum absolute atomic E-state index is 13.8. The number of hydrogen-bond donors (Lipinski definition) is 6. The molecule has 6 aromatic rings. The normalized spacial score (nSPS) is 11.5. The first-order valence-electron chi connectivity index (χ1n) is 21.2. The zero-order valence-corrected chi connectivity index (χ0v) is 38.8. The number of aryl methyl sites for hydroxylation is 2. The third-order valence-corrected chi connectivity index (χ3v) is 9.42. The number of nitrogens with one attached hydrogen (secondary N) is 2. The van der Waals surface area contributed by atoms with Crippen molar-refractivity contribution in [3.63, 3.8) is 0 Å². The van der Waals surface area contributed by atoms with Crippen LogP contribution in [0.2, 0.25) is 0 Å². The molecule has 20 heteroatoms. The third-order valence-electron chi connectivity index (χ3n) is 9.42. The number of nitrogens with zero attached hydrogens (tertiary/aromatic N) is 7. The number of rotatable bonds is 20. The van der Waals surface area contributed by atoms with E-state index in [0.29, 0.717) is 82.2 Å². The highest BCUT2D eigenvalue weighted by Gasteiger charge is 2.23. The molecule has 0 aliphatic carbocycles. The lowest BCUT2D eigenvalue weighted by atomic mass is 10.1. The summed E-state index contributed by atoms with van der Waals surface area (Å²) in [6, 6.07) is 17.3. The maximum Gasteiger partial charge on any atom is 0.276 e. The van der Waals surface area contributed by atoms with E-state index >= 15 is 0 Å². The zero-order chi connectivity index (χ0) is 49.0. The van der Waals surface area contributed by atoms with Gasteiger partial charge in [0.05, 0.1) is 23.8 Å². The van der Waals surface area contributed by atoms with Gasteiger partial charge >= 0.3 is 0 Å². The molecular weight excluding hydrogens is 859 g/mol. The topological polar surface area (TPSA) is 290 Å². The number of anilines is 2. The van der Waals surface area contributed by atoms with Crippen molar-refractivity contribution in [3.05, 3.63) is 119 Å². The lowest BCUT2D eigenvalue weighted by molar-refractivity contribution is -0.110. The van der Waals surface area contributed by atoms with Crippen molar-refractivity contribution < 1.29 is 33.4 Å². The Labute approximate surface area is 388 Å². The van der Waals surface area contributed by atoms with Crippen molar-refractivity contribution in [2.24, 2.45) is 27.9 Å². The van der Waals surface area contributed by atoms with Gasteiger partial charge < -0.3 is 46.3 Å². The van der Waals surface area contributed by atoms with Crippen LogP contribution in [-0.2, 0) is 24.4 Å². The molecule has 0 saturated carbocycles. The van der Waals surface area contributed by atoms with Crippen LogP contribution in [0.4, 0.5) is 11.9 Å². The third kappa shape index (κ3) is 13.2. The number of allylic oxidation sites excluding steroid dienone is 3. The molecule has 0 radical (unpaired) electrons. The Morgan fingerprint density at radius 1 is 0.791 bits per heavy atom. The number of nitrogens with two attached hydrogens (primary N) is 4. The summed E-state index contributed by atoms with van der Waals surface area (Å²) < 4.78 is 22.7. The highest BCUT2D eigenvalue weighted by molar-refractivity contribution is 6.47. The average molecular weight is 918 g/mol. The first kappa shape index (κ1) is 51.5. The minimum atomic E-state index is -0.690. The molecule has 0 aliphatic rings. The second kappa shape index (κ2) is 25.4. The number of aliphatic imine (C=N–C) groups is 1. The fourth-order valence-corrected chi connectivity index (χ4v) is 6.67. The monoisotopic (exact) mass is 917 g/mol. The molecule has 0 spiro atoms. The van der Waals surface area contributed by atoms with Crippen LogP contribution in [0.1, 0.15) is 57.7 Å². The zero-order valence-electron chi connectivity index (χ0n) is 38.8. The summed E-state index contributed by atoms with van der Waals surface area (Å²) in [5, 5.41) is 10.2. The first-order chi connectivity index (χ1) is 32.4. The van der Waals surface area contributed by atoms with E-state index in [-0.39, 0.29) is 42.9 Å². The van der Waals surface area contributed by atoms with Crippen molar-refractivity contribution in [1.82, 2.24) is 28.9 Å². The highest BCUT2D eigenvalue weighted by Crippen LogP contribution is 2.33. The fourth-order valence-electron chi connectivity index (χ4n) is 6.67. The number of primary amides is 1. The molecule has 3 heterocycles. The Kier molecular flexibility index (Phi) is 19.5. The van der Waals surface area contributed by atoms with Gasteiger partial charge in [-0.2, -0.15) is 5.10 Å². The number of amides is 3. The van der Waals surface area contributed by atoms with E-state index in [0.717, 1.165) is 5.75 Å². The lowest BCUT2D eigenvalue weighted by Gasteiger charge is -2.13. The Morgan fingerprint density at radius 3 is 1.99 bits per heavy atom. The standard InChI is InChI=1S/C45H49N11O7.2CH5N/c1-6-48-35(21-28(3)46)42(59)51-44-49-33-23-30(27-57)24-37(61-5)39(33)54(44)17-11-12-18-55-40-34(50-45(55)52-43(60)36-22-29(4)53-56(36)7-2)25-31(41(47)58)26-38(40)63-20-14-13-19-62-32-15-9-8-10-16-32;2*1-2/h8-16,21-27H,6-7,17-20,46H2,1-5H3,(H2,47,58)(H,49,51,59)(H,50,52,60);2*2H2,1H3/b12-11+,14-13+,28-21-,48-35?;;. The quantitative estimate of drug-likeness (QED) is 0.0342. The van der Waals surface area contributed by atoms with E-state index in [1.807, 2.05) is 55.5 Å². The number of fused-ring (bicyclic) bond motifs is 2. The van der Waals surface area contributed by atoms with E-state index in [2.05, 4.69) is 37.2 Å². The number of imidazole rings is 2. The molecule has 3 aromatic heterocycles. The Bertz CT molecular complexity index is 2780. The number of carbonyl (C=O) groups is 4. The van der Waals surface area contributed by atoms with E-state index in [4.69, 9.17) is 30.7 Å². The fraction of sp³-hybridized carbons (Fsp3) is 0.277. The molecule has 0 aliphatic heterocycles. The molecule has 0 bridgehead atoms. The number of methoxy groups -OCH3 is 1. The van der Waals surface area contributed by atoms with Gasteiger partial charge in [0.15, 0.2) is 0 Å². The molecule has 6 rings (SSSR count). The largest absolute Gasteiger partial charge is 0.494 e. The van der Waals surface area contributed by atoms with Crippen LogP contribution in [0.5, 0.6) is 17.2 Å². The summed E-state index contributed by atoms with van der Waals surface area (Å²) in [5.74, 6) is 0.0150. The summed E-state index contributed by atoms with van der Waals surface area (Å²) in [6.45, 7) is 8.63. The Balaban J connectivity index is 0.00000238. The van der Waals surface area contributed by atoms with Crippen LogP contribution in [0.3, 0.4) is 0 Å². The molecule has 0 saturated heterocycles. The van der Waals surface area contributed by atoms with E-state index in [1.165, 1.54) is 39.4 Å². The van der Waals surface area contributed by atoms with Crippen molar-refractivity contribution >= 4 is 63.7 Å². The van der Waals surface area contributed by atoms with Crippen LogP contribution in [0.25, 0.3) is 22.1 Å². The predicted molar refractivity (Wildman–Crippen MR) is 261 cm³/mol. The number of benzene rings is 3. The van der Waals surface area contributed by atoms with Gasteiger partial charge in [-0.3, -0.25) is 39.5 Å². The molecule has 67 heavy (non-hydrogen) atoms. The van der Waals surface area contributed by atoms with Crippen molar-refractivity contribution in [1.29, 1.82) is 0 Å². The van der Waals surface area contributed by atoms with Gasteiger partial charge in [-0.15, -0.1) is 0 Å². The lowest BCUT2D eigenvalue weighted by Crippen LogP contribution is -2.24. The van der Waals surface area contributed by atoms with E-state index in [9.17, 15) is 19.2 Å². The Morgan fingerprint density at radius 2 is 1.40 bits per heavy atom. The van der Waals surface area contributed by atoms with Crippen LogP contribution < -0.4 is 47.8 Å². The van der Waals surface area contributed by atoms with Gasteiger partial charge in [0, 0.05) is 43.0 Å². The molecule has 354 valence electrons. The molecule has 3 amide bonds. The van der Waals surface area contributed by atoms with Crippen LogP contribution in [-0.4, -0.2) is 99.6 Å². The number of carbonyl (C=O) groups excluding carboxylic acids is 4. The second-order valence-electron chi connectivity index (χ2n) is 14.0. The van der Waals surface area contributed by atoms with Crippen molar-refractivity contribution in [3.8, 4) is 17.2 Å². The molecule has 20 nitrogen and oxygen atoms in total. The highest BCUT2D eigenvalue weighted by atomic mass is 16.5. The summed E-state index contributed by atoms with van der Waals surface area (Å²) in [5.41, 5.74) is 24.4. The molecular formula is C47H59N13O7. The van der Waals surface area contributed by atoms with Gasteiger partial charge in [0.25, 0.3) is 11.8 Å². The summed E-state index contributed by atoms with van der Waals surface area (Å²) in [7, 11) is 4.47. The number of aromatic nitrogens is 6. The van der Waals surface area contributed by atoms with Gasteiger partial charge in [0.1, 0.15) is 59.2 Å². The number of aldehydes is 1. The van der Waals surface area contributed by atoms with Crippen LogP contribution in [0, 0.1) is 6.92 Å². The summed E-state index contributed by atoms with van der Waals surface area (Å²) in [6.07, 6.45) is 9.41. The second-order valence-corrected chi connectivity index (χ2v) is 14.0. The van der Waals surface area contributed by atoms with Crippen LogP contribution in [0.15, 0.2) is 102 Å². The number of hydrogen-bond acceptors (Lipinski definition) is 14. The molecule has 3 aromatic carbocycles. The average Bonchev–Trinajstić information content (AvgIpc) is 4.01. The first-order valence-corrected chi connectivity index (χ1v) is 21.2. The van der Waals surface area contributed by atoms with Crippen molar-refractivity contribution in [2.45, 2.75) is 47.3 Å². The van der Waals surface area contributed by atoms with Gasteiger partial charge in [-0.05, 0) is 102 Å². The minimum absolute atomic E-state index is 0.105. The summed E-state index contributed by atoms with van der Waals surface area (Å²) >= 11 is 0. The van der Waals surface area contributed by atoms with Gasteiger partial charge in [-0.1, -0.05) is 30.4 Å². The SMILES string of the molecule is CCN=C(/C=C(/C)N)C(=O)Nc1nc2cc(C=O)cc(OC)c2n1C/C=C/Cn1c(NC(=O)c2cc(C)nn2CC)nc2cc(C(N)=O)cc(OC/C=C/COc3ccccc3)c21.CN.CN. The minimum Gasteiger partial charge on any atom is -0.494 e. The van der Waals surface area contributed by atoms with E-state index < -0.39 is 17.7 Å². The Hall–Kier alpha value is -8.10. The number of para-hydroxylation sites is 1.